The lowest BCUT2D eigenvalue weighted by Gasteiger charge is -2.15. The zero-order valence-corrected chi connectivity index (χ0v) is 11.5. The summed E-state index contributed by atoms with van der Waals surface area (Å²) in [5.74, 6) is 1.26. The minimum atomic E-state index is 0.141. The van der Waals surface area contributed by atoms with Crippen LogP contribution in [0.2, 0.25) is 0 Å². The van der Waals surface area contributed by atoms with Gasteiger partial charge in [0.25, 0.3) is 0 Å². The van der Waals surface area contributed by atoms with Gasteiger partial charge in [-0.15, -0.1) is 15.3 Å². The molecule has 0 aliphatic heterocycles. The Labute approximate surface area is 106 Å². The van der Waals surface area contributed by atoms with Crippen molar-refractivity contribution in [3.05, 3.63) is 11.1 Å². The van der Waals surface area contributed by atoms with Crippen molar-refractivity contribution in [3.63, 3.8) is 0 Å². The van der Waals surface area contributed by atoms with Crippen LogP contribution < -0.4 is 10.1 Å². The minimum Gasteiger partial charge on any atom is -0.473 e. The van der Waals surface area contributed by atoms with E-state index in [2.05, 4.69) is 27.5 Å². The van der Waals surface area contributed by atoms with Crippen LogP contribution in [0, 0.1) is 13.8 Å². The molecule has 0 saturated carbocycles. The molecule has 0 spiro atoms. The second-order valence-electron chi connectivity index (χ2n) is 4.40. The van der Waals surface area contributed by atoms with Gasteiger partial charge in [0.15, 0.2) is 5.65 Å². The summed E-state index contributed by atoms with van der Waals surface area (Å²) in [7, 11) is 1.79. The van der Waals surface area contributed by atoms with E-state index in [4.69, 9.17) is 4.74 Å². The number of aromatic nitrogens is 4. The van der Waals surface area contributed by atoms with Gasteiger partial charge in [-0.3, -0.25) is 0 Å². The molecule has 1 unspecified atom stereocenters. The molecule has 0 radical (unpaired) electrons. The number of aryl methyl sites for hydroxylation is 1. The van der Waals surface area contributed by atoms with Gasteiger partial charge in [0, 0.05) is 18.2 Å². The first-order chi connectivity index (χ1) is 8.58. The Morgan fingerprint density at radius 3 is 2.61 bits per heavy atom. The first-order valence-electron chi connectivity index (χ1n) is 6.15. The maximum Gasteiger partial charge on any atom is 0.245 e. The van der Waals surface area contributed by atoms with E-state index in [1.807, 2.05) is 20.8 Å². The SMILES string of the molecule is CCC(C)Oc1nn2c(NC)nnc2c(C)c1C. The van der Waals surface area contributed by atoms with Gasteiger partial charge in [-0.25, -0.2) is 0 Å². The van der Waals surface area contributed by atoms with Crippen molar-refractivity contribution in [2.45, 2.75) is 40.2 Å². The summed E-state index contributed by atoms with van der Waals surface area (Å²) in [4.78, 5) is 0. The largest absolute Gasteiger partial charge is 0.473 e. The molecule has 2 aromatic rings. The van der Waals surface area contributed by atoms with E-state index in [-0.39, 0.29) is 6.10 Å². The summed E-state index contributed by atoms with van der Waals surface area (Å²) in [5, 5.41) is 15.6. The summed E-state index contributed by atoms with van der Waals surface area (Å²) in [5.41, 5.74) is 2.81. The lowest BCUT2D eigenvalue weighted by molar-refractivity contribution is 0.204. The van der Waals surface area contributed by atoms with Crippen LogP contribution in [0.25, 0.3) is 5.65 Å². The maximum absolute atomic E-state index is 5.84. The van der Waals surface area contributed by atoms with Gasteiger partial charge >= 0.3 is 0 Å². The summed E-state index contributed by atoms with van der Waals surface area (Å²) in [6.07, 6.45) is 1.08. The maximum atomic E-state index is 5.84. The Balaban J connectivity index is 2.56. The fourth-order valence-corrected chi connectivity index (χ4v) is 1.64. The molecule has 2 rings (SSSR count). The van der Waals surface area contributed by atoms with E-state index in [9.17, 15) is 0 Å². The average molecular weight is 249 g/mol. The Bertz CT molecular complexity index is 563. The zero-order chi connectivity index (χ0) is 13.3. The third kappa shape index (κ3) is 1.98. The monoisotopic (exact) mass is 249 g/mol. The summed E-state index contributed by atoms with van der Waals surface area (Å²) in [6.45, 7) is 8.12. The van der Waals surface area contributed by atoms with Crippen molar-refractivity contribution < 1.29 is 4.74 Å². The van der Waals surface area contributed by atoms with Crippen molar-refractivity contribution in [2.24, 2.45) is 0 Å². The zero-order valence-electron chi connectivity index (χ0n) is 11.5. The first-order valence-corrected chi connectivity index (χ1v) is 6.15. The summed E-state index contributed by atoms with van der Waals surface area (Å²) < 4.78 is 7.52. The molecule has 0 amide bonds. The van der Waals surface area contributed by atoms with Gasteiger partial charge in [0.05, 0.1) is 6.10 Å². The van der Waals surface area contributed by atoms with Gasteiger partial charge < -0.3 is 10.1 Å². The molecule has 2 heterocycles. The van der Waals surface area contributed by atoms with Crippen molar-refractivity contribution in [3.8, 4) is 5.88 Å². The molecule has 2 aromatic heterocycles. The minimum absolute atomic E-state index is 0.141. The van der Waals surface area contributed by atoms with Crippen LogP contribution in [-0.4, -0.2) is 33.0 Å². The van der Waals surface area contributed by atoms with E-state index in [0.29, 0.717) is 11.8 Å². The van der Waals surface area contributed by atoms with Crippen molar-refractivity contribution >= 4 is 11.6 Å². The molecule has 1 N–H and O–H groups in total. The molecular formula is C12H19N5O. The van der Waals surface area contributed by atoms with Crippen LogP contribution in [0.3, 0.4) is 0 Å². The summed E-state index contributed by atoms with van der Waals surface area (Å²) >= 11 is 0. The van der Waals surface area contributed by atoms with Gasteiger partial charge in [-0.2, -0.15) is 4.52 Å². The van der Waals surface area contributed by atoms with Crippen molar-refractivity contribution in [1.29, 1.82) is 0 Å². The highest BCUT2D eigenvalue weighted by molar-refractivity contribution is 5.55. The molecule has 0 aliphatic rings. The number of hydrogen-bond acceptors (Lipinski definition) is 5. The molecule has 0 aliphatic carbocycles. The first kappa shape index (κ1) is 12.6. The number of ether oxygens (including phenoxy) is 1. The highest BCUT2D eigenvalue weighted by atomic mass is 16.5. The molecule has 6 nitrogen and oxygen atoms in total. The third-order valence-corrected chi connectivity index (χ3v) is 3.16. The van der Waals surface area contributed by atoms with Crippen molar-refractivity contribution in [2.75, 3.05) is 12.4 Å². The van der Waals surface area contributed by atoms with Gasteiger partial charge in [-0.05, 0) is 27.2 Å². The number of rotatable bonds is 4. The molecule has 0 aromatic carbocycles. The smallest absolute Gasteiger partial charge is 0.245 e. The van der Waals surface area contributed by atoms with Crippen LogP contribution in [-0.2, 0) is 0 Å². The van der Waals surface area contributed by atoms with Crippen LogP contribution in [0.5, 0.6) is 5.88 Å². The van der Waals surface area contributed by atoms with Gasteiger partial charge in [0.2, 0.25) is 11.8 Å². The predicted octanol–water partition coefficient (Wildman–Crippen LogP) is 1.96. The topological polar surface area (TPSA) is 64.3 Å². The molecular weight excluding hydrogens is 230 g/mol. The quantitative estimate of drug-likeness (QED) is 0.897. The van der Waals surface area contributed by atoms with E-state index in [0.717, 1.165) is 23.2 Å². The molecule has 98 valence electrons. The van der Waals surface area contributed by atoms with E-state index in [1.165, 1.54) is 0 Å². The number of nitrogens with zero attached hydrogens (tertiary/aromatic N) is 4. The number of fused-ring (bicyclic) bond motifs is 1. The van der Waals surface area contributed by atoms with Crippen LogP contribution in [0.4, 0.5) is 5.95 Å². The van der Waals surface area contributed by atoms with Gasteiger partial charge in [0.1, 0.15) is 0 Å². The fraction of sp³-hybridized carbons (Fsp3) is 0.583. The Morgan fingerprint density at radius 1 is 1.28 bits per heavy atom. The van der Waals surface area contributed by atoms with E-state index >= 15 is 0 Å². The molecule has 0 bridgehead atoms. The van der Waals surface area contributed by atoms with Gasteiger partial charge in [-0.1, -0.05) is 6.92 Å². The molecule has 0 fully saturated rings. The van der Waals surface area contributed by atoms with Crippen LogP contribution >= 0.6 is 0 Å². The van der Waals surface area contributed by atoms with E-state index < -0.39 is 0 Å². The second-order valence-corrected chi connectivity index (χ2v) is 4.40. The highest BCUT2D eigenvalue weighted by Gasteiger charge is 2.15. The molecule has 1 atom stereocenters. The fourth-order valence-electron chi connectivity index (χ4n) is 1.64. The molecule has 18 heavy (non-hydrogen) atoms. The molecule has 0 saturated heterocycles. The lowest BCUT2D eigenvalue weighted by Crippen LogP contribution is -2.14. The highest BCUT2D eigenvalue weighted by Crippen LogP contribution is 2.23. The number of anilines is 1. The lowest BCUT2D eigenvalue weighted by atomic mass is 10.2. The predicted molar refractivity (Wildman–Crippen MR) is 70.2 cm³/mol. The van der Waals surface area contributed by atoms with Crippen LogP contribution in [0.15, 0.2) is 0 Å². The Hall–Kier alpha value is -1.85. The second kappa shape index (κ2) is 4.80. The van der Waals surface area contributed by atoms with Crippen molar-refractivity contribution in [1.82, 2.24) is 19.8 Å². The normalized spacial score (nSPS) is 12.7. The molecule has 6 heteroatoms. The standard InChI is InChI=1S/C12H19N5O/c1-6-7(2)18-11-9(4)8(3)10-14-15-12(13-5)17(10)16-11/h7H,6H2,1-5H3,(H,13,15). The number of nitrogens with one attached hydrogen (secondary N) is 1. The Kier molecular flexibility index (Phi) is 3.36. The van der Waals surface area contributed by atoms with E-state index in [1.54, 1.807) is 11.6 Å². The summed E-state index contributed by atoms with van der Waals surface area (Å²) in [6, 6.07) is 0. The number of hydrogen-bond donors (Lipinski definition) is 1. The average Bonchev–Trinajstić information content (AvgIpc) is 2.78. The third-order valence-electron chi connectivity index (χ3n) is 3.16. The van der Waals surface area contributed by atoms with Crippen LogP contribution in [0.1, 0.15) is 31.4 Å². The Morgan fingerprint density at radius 2 is 2.00 bits per heavy atom.